The number of benzene rings is 2. The van der Waals surface area contributed by atoms with Crippen LogP contribution in [0.25, 0.3) is 17.3 Å². The monoisotopic (exact) mass is 517 g/mol. The van der Waals surface area contributed by atoms with Gasteiger partial charge in [0.1, 0.15) is 0 Å². The fourth-order valence-corrected chi connectivity index (χ4v) is 4.66. The Morgan fingerprint density at radius 2 is 1.85 bits per heavy atom. The van der Waals surface area contributed by atoms with Crippen LogP contribution < -0.4 is 10.5 Å². The minimum atomic E-state index is -3.73. The zero-order chi connectivity index (χ0) is 24.1. The van der Waals surface area contributed by atoms with Crippen LogP contribution in [0.3, 0.4) is 0 Å². The predicted molar refractivity (Wildman–Crippen MR) is 129 cm³/mol. The van der Waals surface area contributed by atoms with E-state index in [0.717, 1.165) is 5.56 Å². The minimum Gasteiger partial charge on any atom is -0.461 e. The molecule has 12 heteroatoms. The first-order valence-electron chi connectivity index (χ1n) is 10.1. The third-order valence-electron chi connectivity index (χ3n) is 4.79. The number of nitrogens with two attached hydrogens (primary N) is 1. The topological polar surface area (TPSA) is 133 Å². The third kappa shape index (κ3) is 5.68. The number of amides is 1. The third-order valence-corrected chi connectivity index (χ3v) is 6.97. The van der Waals surface area contributed by atoms with Crippen LogP contribution in [0.15, 0.2) is 81.4 Å². The van der Waals surface area contributed by atoms with Gasteiger partial charge < -0.3 is 9.73 Å². The second kappa shape index (κ2) is 10.4. The maximum Gasteiger partial charge on any atom is 0.238 e. The Bertz CT molecular complexity index is 1390. The summed E-state index contributed by atoms with van der Waals surface area (Å²) in [4.78, 5) is 12.5. The molecule has 0 saturated carbocycles. The van der Waals surface area contributed by atoms with E-state index in [-0.39, 0.29) is 16.6 Å². The number of aromatic nitrogens is 3. The van der Waals surface area contributed by atoms with Crippen LogP contribution >= 0.6 is 23.4 Å². The van der Waals surface area contributed by atoms with Gasteiger partial charge >= 0.3 is 0 Å². The Morgan fingerprint density at radius 3 is 2.53 bits per heavy atom. The van der Waals surface area contributed by atoms with Crippen molar-refractivity contribution in [2.45, 2.75) is 16.5 Å². The maximum atomic E-state index is 12.4. The number of sulfonamides is 1. The zero-order valence-corrected chi connectivity index (χ0v) is 20.1. The Balaban J connectivity index is 1.40. The van der Waals surface area contributed by atoms with Crippen LogP contribution in [-0.4, -0.2) is 41.4 Å². The molecule has 0 spiro atoms. The summed E-state index contributed by atoms with van der Waals surface area (Å²) in [7, 11) is -3.73. The number of para-hydroxylation sites is 1. The molecule has 34 heavy (non-hydrogen) atoms. The number of hydrogen-bond acceptors (Lipinski definition) is 7. The standard InChI is InChI=1S/C22H20ClN5O4S2/c23-17-4-1-2-5-18(17)28-21(19-6-3-13-32-19)26-27-22(28)33-14-20(29)25-12-11-15-7-9-16(10-8-15)34(24,30)31/h1-10,13H,11-12,14H2,(H,25,29)(H2,24,30,31). The van der Waals surface area contributed by atoms with E-state index < -0.39 is 10.0 Å². The number of carbonyl (C=O) groups excluding carboxylic acids is 1. The van der Waals surface area contributed by atoms with Gasteiger partial charge in [-0.25, -0.2) is 13.6 Å². The predicted octanol–water partition coefficient (Wildman–Crippen LogP) is 3.28. The lowest BCUT2D eigenvalue weighted by atomic mass is 10.1. The van der Waals surface area contributed by atoms with Crippen molar-refractivity contribution in [1.82, 2.24) is 20.1 Å². The normalized spacial score (nSPS) is 11.5. The molecule has 4 rings (SSSR count). The molecule has 0 aliphatic heterocycles. The number of nitrogens with one attached hydrogen (secondary N) is 1. The van der Waals surface area contributed by atoms with Gasteiger partial charge in [-0.05, 0) is 48.4 Å². The van der Waals surface area contributed by atoms with Crippen molar-refractivity contribution in [3.05, 3.63) is 77.5 Å². The first kappa shape index (κ1) is 24.0. The lowest BCUT2D eigenvalue weighted by Crippen LogP contribution is -2.27. The van der Waals surface area contributed by atoms with E-state index >= 15 is 0 Å². The summed E-state index contributed by atoms with van der Waals surface area (Å²) in [5.74, 6) is 0.936. The molecular weight excluding hydrogens is 498 g/mol. The molecule has 2 heterocycles. The van der Waals surface area contributed by atoms with E-state index in [4.69, 9.17) is 21.2 Å². The molecule has 3 N–H and O–H groups in total. The van der Waals surface area contributed by atoms with Crippen LogP contribution in [0.4, 0.5) is 0 Å². The average Bonchev–Trinajstić information content (AvgIpc) is 3.48. The summed E-state index contributed by atoms with van der Waals surface area (Å²) in [6.45, 7) is 0.392. The Morgan fingerprint density at radius 1 is 1.09 bits per heavy atom. The van der Waals surface area contributed by atoms with Crippen LogP contribution in [0.2, 0.25) is 5.02 Å². The molecule has 0 radical (unpaired) electrons. The first-order chi connectivity index (χ1) is 16.3. The summed E-state index contributed by atoms with van der Waals surface area (Å²) in [6, 6.07) is 17.0. The van der Waals surface area contributed by atoms with Crippen molar-refractivity contribution in [2.24, 2.45) is 5.14 Å². The second-order valence-corrected chi connectivity index (χ2v) is 10.1. The summed E-state index contributed by atoms with van der Waals surface area (Å²) in [6.07, 6.45) is 2.09. The summed E-state index contributed by atoms with van der Waals surface area (Å²) < 4.78 is 29.9. The highest BCUT2D eigenvalue weighted by molar-refractivity contribution is 7.99. The number of primary sulfonamides is 1. The van der Waals surface area contributed by atoms with Gasteiger partial charge in [0.05, 0.1) is 27.6 Å². The lowest BCUT2D eigenvalue weighted by Gasteiger charge is -2.11. The average molecular weight is 518 g/mol. The van der Waals surface area contributed by atoms with Crippen molar-refractivity contribution < 1.29 is 17.6 Å². The number of carbonyl (C=O) groups is 1. The van der Waals surface area contributed by atoms with Gasteiger partial charge in [0.2, 0.25) is 21.8 Å². The molecule has 9 nitrogen and oxygen atoms in total. The number of thioether (sulfide) groups is 1. The molecule has 0 unspecified atom stereocenters. The van der Waals surface area contributed by atoms with E-state index in [1.165, 1.54) is 23.9 Å². The van der Waals surface area contributed by atoms with Gasteiger partial charge in [-0.2, -0.15) is 0 Å². The molecule has 1 amide bonds. The van der Waals surface area contributed by atoms with Crippen molar-refractivity contribution >= 4 is 39.3 Å². The number of furan rings is 1. The lowest BCUT2D eigenvalue weighted by molar-refractivity contribution is -0.118. The van der Waals surface area contributed by atoms with Gasteiger partial charge in [0.15, 0.2) is 10.9 Å². The first-order valence-corrected chi connectivity index (χ1v) is 13.0. The summed E-state index contributed by atoms with van der Waals surface area (Å²) in [5.41, 5.74) is 1.55. The van der Waals surface area contributed by atoms with E-state index in [0.29, 0.717) is 40.4 Å². The van der Waals surface area contributed by atoms with Gasteiger partial charge in [-0.1, -0.05) is 47.6 Å². The van der Waals surface area contributed by atoms with E-state index in [1.54, 1.807) is 41.2 Å². The van der Waals surface area contributed by atoms with Crippen molar-refractivity contribution in [3.63, 3.8) is 0 Å². The Hall–Kier alpha value is -3.12. The highest BCUT2D eigenvalue weighted by Gasteiger charge is 2.20. The van der Waals surface area contributed by atoms with Crippen LogP contribution in [0.5, 0.6) is 0 Å². The van der Waals surface area contributed by atoms with Gasteiger partial charge in [0.25, 0.3) is 0 Å². The second-order valence-electron chi connectivity index (χ2n) is 7.15. The van der Waals surface area contributed by atoms with Crippen LogP contribution in [0, 0.1) is 0 Å². The largest absolute Gasteiger partial charge is 0.461 e. The van der Waals surface area contributed by atoms with Crippen molar-refractivity contribution in [2.75, 3.05) is 12.3 Å². The molecule has 2 aromatic carbocycles. The zero-order valence-electron chi connectivity index (χ0n) is 17.7. The van der Waals surface area contributed by atoms with Gasteiger partial charge in [0, 0.05) is 6.54 Å². The molecule has 0 aliphatic carbocycles. The molecule has 0 atom stereocenters. The quantitative estimate of drug-likeness (QED) is 0.325. The summed E-state index contributed by atoms with van der Waals surface area (Å²) >= 11 is 7.63. The number of hydrogen-bond donors (Lipinski definition) is 2. The number of nitrogens with zero attached hydrogens (tertiary/aromatic N) is 3. The highest BCUT2D eigenvalue weighted by Crippen LogP contribution is 2.31. The molecule has 176 valence electrons. The van der Waals surface area contributed by atoms with Crippen LogP contribution in [-0.2, 0) is 21.2 Å². The smallest absolute Gasteiger partial charge is 0.238 e. The number of halogens is 1. The Kier molecular flexibility index (Phi) is 7.37. The van der Waals surface area contributed by atoms with Crippen LogP contribution in [0.1, 0.15) is 5.56 Å². The van der Waals surface area contributed by atoms with Crippen molar-refractivity contribution in [3.8, 4) is 17.3 Å². The van der Waals surface area contributed by atoms with Gasteiger partial charge in [-0.3, -0.25) is 9.36 Å². The Labute approximate surface area is 205 Å². The summed E-state index contributed by atoms with van der Waals surface area (Å²) in [5, 5.41) is 17.4. The molecule has 4 aromatic rings. The molecule has 0 fully saturated rings. The van der Waals surface area contributed by atoms with E-state index in [9.17, 15) is 13.2 Å². The SMILES string of the molecule is NS(=O)(=O)c1ccc(CCNC(=O)CSc2nnc(-c3ccco3)n2-c2ccccc2Cl)cc1. The fourth-order valence-electron chi connectivity index (χ4n) is 3.15. The maximum absolute atomic E-state index is 12.4. The highest BCUT2D eigenvalue weighted by atomic mass is 35.5. The molecule has 0 aliphatic rings. The fraction of sp³-hybridized carbons (Fsp3) is 0.136. The molecule has 2 aromatic heterocycles. The number of rotatable bonds is 9. The van der Waals surface area contributed by atoms with Crippen molar-refractivity contribution in [1.29, 1.82) is 0 Å². The molecule has 0 saturated heterocycles. The van der Waals surface area contributed by atoms with E-state index in [1.807, 2.05) is 18.2 Å². The molecular formula is C22H20ClN5O4S2. The van der Waals surface area contributed by atoms with E-state index in [2.05, 4.69) is 15.5 Å². The minimum absolute atomic E-state index is 0.0493. The van der Waals surface area contributed by atoms with Gasteiger partial charge in [-0.15, -0.1) is 10.2 Å². The molecule has 0 bridgehead atoms.